The number of allylic oxidation sites excluding steroid dienone is 2. The Hall–Kier alpha value is -1.77. The number of hydrogen-bond acceptors (Lipinski definition) is 5. The Labute approximate surface area is 189 Å². The number of aromatic amines is 1. The second kappa shape index (κ2) is 9.00. The molecule has 9 heteroatoms. The van der Waals surface area contributed by atoms with Gasteiger partial charge >= 0.3 is 0 Å². The van der Waals surface area contributed by atoms with Crippen molar-refractivity contribution in [3.8, 4) is 0 Å². The standard InChI is InChI=1S/C22H30ClN5O2S/c1-22(2)16-13-15(7-5-3-4-6-8-20-24-27-28-25-20)21(19(22)14-16)26-31(29,30)18-11-9-17(23)10-12-18/h3,5,9-12,15-16,19,21,26H,4,6-8,13-14H2,1-2H3,(H,24,25,27,28)/b5-3-/t15-,16-,19-,21+/m0/s1. The molecule has 2 N–H and O–H groups in total. The number of nitrogens with one attached hydrogen (secondary N) is 2. The molecule has 3 aliphatic carbocycles. The highest BCUT2D eigenvalue weighted by molar-refractivity contribution is 7.89. The number of halogens is 1. The number of unbranched alkanes of at least 4 members (excludes halogenated alkanes) is 1. The maximum absolute atomic E-state index is 13.1. The number of nitrogens with zero attached hydrogens (tertiary/aromatic N) is 3. The van der Waals surface area contributed by atoms with Crippen molar-refractivity contribution in [3.63, 3.8) is 0 Å². The number of fused-ring (bicyclic) bond motifs is 2. The summed E-state index contributed by atoms with van der Waals surface area (Å²) in [6.45, 7) is 4.56. The fourth-order valence-electron chi connectivity index (χ4n) is 5.25. The summed E-state index contributed by atoms with van der Waals surface area (Å²) in [4.78, 5) is 0.271. The van der Waals surface area contributed by atoms with Crippen LogP contribution in [0.4, 0.5) is 0 Å². The highest BCUT2D eigenvalue weighted by Crippen LogP contribution is 2.61. The summed E-state index contributed by atoms with van der Waals surface area (Å²) in [5, 5.41) is 14.4. The molecule has 0 amide bonds. The largest absolute Gasteiger partial charge is 0.243 e. The first-order chi connectivity index (χ1) is 14.8. The number of H-pyrrole nitrogens is 1. The van der Waals surface area contributed by atoms with Crippen LogP contribution in [0, 0.1) is 23.2 Å². The lowest BCUT2D eigenvalue weighted by molar-refractivity contribution is -0.108. The zero-order valence-corrected chi connectivity index (χ0v) is 19.5. The number of sulfonamides is 1. The molecule has 31 heavy (non-hydrogen) atoms. The van der Waals surface area contributed by atoms with Gasteiger partial charge in [0.15, 0.2) is 0 Å². The SMILES string of the molecule is CC1(C)[C@H]2C[C@H](C/C=C\CCCc3nnn[nH]3)[C@@H](NS(=O)(=O)c3ccc(Cl)cc3)[C@@H]1C2. The molecular formula is C22H30ClN5O2S. The fourth-order valence-corrected chi connectivity index (χ4v) is 6.72. The molecule has 1 heterocycles. The Balaban J connectivity index is 1.39. The summed E-state index contributed by atoms with van der Waals surface area (Å²) in [7, 11) is -3.59. The van der Waals surface area contributed by atoms with Gasteiger partial charge < -0.3 is 0 Å². The van der Waals surface area contributed by atoms with Crippen molar-refractivity contribution in [2.24, 2.45) is 23.2 Å². The molecule has 0 unspecified atom stereocenters. The number of hydrogen-bond donors (Lipinski definition) is 2. The van der Waals surface area contributed by atoms with Gasteiger partial charge in [-0.2, -0.15) is 0 Å². The van der Waals surface area contributed by atoms with Gasteiger partial charge in [0.25, 0.3) is 0 Å². The minimum absolute atomic E-state index is 0.0504. The Morgan fingerprint density at radius 2 is 2.00 bits per heavy atom. The maximum atomic E-state index is 13.1. The van der Waals surface area contributed by atoms with Crippen LogP contribution in [0.3, 0.4) is 0 Å². The molecule has 168 valence electrons. The molecule has 1 aromatic carbocycles. The molecule has 4 atom stereocenters. The van der Waals surface area contributed by atoms with Gasteiger partial charge in [-0.3, -0.25) is 0 Å². The normalized spacial score (nSPS) is 27.3. The monoisotopic (exact) mass is 463 g/mol. The van der Waals surface area contributed by atoms with Crippen molar-refractivity contribution in [2.75, 3.05) is 0 Å². The molecule has 7 nitrogen and oxygen atoms in total. The van der Waals surface area contributed by atoms with Gasteiger partial charge in [0, 0.05) is 17.5 Å². The lowest BCUT2D eigenvalue weighted by Crippen LogP contribution is -2.63. The Morgan fingerprint density at radius 1 is 1.23 bits per heavy atom. The van der Waals surface area contributed by atoms with Crippen molar-refractivity contribution in [2.45, 2.75) is 63.3 Å². The summed E-state index contributed by atoms with van der Waals surface area (Å²) < 4.78 is 29.2. The first-order valence-electron chi connectivity index (χ1n) is 10.9. The molecule has 2 aromatic rings. The quantitative estimate of drug-likeness (QED) is 0.429. The van der Waals surface area contributed by atoms with E-state index in [1.165, 1.54) is 0 Å². The molecule has 3 aliphatic rings. The predicted octanol–water partition coefficient (Wildman–Crippen LogP) is 4.15. The Morgan fingerprint density at radius 3 is 2.68 bits per heavy atom. The Bertz CT molecular complexity index is 1010. The van der Waals surface area contributed by atoms with Crippen molar-refractivity contribution in [1.29, 1.82) is 0 Å². The van der Waals surface area contributed by atoms with Gasteiger partial charge in [-0.05, 0) is 90.0 Å². The molecule has 3 fully saturated rings. The average Bonchev–Trinajstić information content (AvgIpc) is 3.24. The summed E-state index contributed by atoms with van der Waals surface area (Å²) in [5.41, 5.74) is 0.179. The van der Waals surface area contributed by atoms with E-state index in [4.69, 9.17) is 11.6 Å². The van der Waals surface area contributed by atoms with E-state index in [1.54, 1.807) is 24.3 Å². The van der Waals surface area contributed by atoms with Crippen molar-refractivity contribution < 1.29 is 8.42 Å². The van der Waals surface area contributed by atoms with Crippen LogP contribution in [0.5, 0.6) is 0 Å². The molecule has 1 aromatic heterocycles. The van der Waals surface area contributed by atoms with E-state index >= 15 is 0 Å². The number of tetrazole rings is 1. The average molecular weight is 464 g/mol. The van der Waals surface area contributed by atoms with Crippen molar-refractivity contribution in [1.82, 2.24) is 25.3 Å². The van der Waals surface area contributed by atoms with Gasteiger partial charge in [-0.1, -0.05) is 37.6 Å². The minimum atomic E-state index is -3.59. The number of rotatable bonds is 9. The van der Waals surface area contributed by atoms with E-state index in [-0.39, 0.29) is 16.4 Å². The Kier molecular flexibility index (Phi) is 6.51. The molecule has 0 aliphatic heterocycles. The fraction of sp³-hybridized carbons (Fsp3) is 0.591. The van der Waals surface area contributed by atoms with Crippen LogP contribution in [0.15, 0.2) is 41.3 Å². The van der Waals surface area contributed by atoms with E-state index in [0.29, 0.717) is 22.8 Å². The van der Waals surface area contributed by atoms with Crippen LogP contribution < -0.4 is 4.72 Å². The van der Waals surface area contributed by atoms with E-state index in [1.807, 2.05) is 0 Å². The van der Waals surface area contributed by atoms with Gasteiger partial charge in [-0.25, -0.2) is 18.2 Å². The summed E-state index contributed by atoms with van der Waals surface area (Å²) in [6, 6.07) is 6.33. The van der Waals surface area contributed by atoms with Gasteiger partial charge in [0.2, 0.25) is 10.0 Å². The van der Waals surface area contributed by atoms with Crippen molar-refractivity contribution >= 4 is 21.6 Å². The van der Waals surface area contributed by atoms with Crippen LogP contribution in [0.25, 0.3) is 0 Å². The van der Waals surface area contributed by atoms with Gasteiger partial charge in [-0.15, -0.1) is 5.10 Å². The topological polar surface area (TPSA) is 101 Å². The van der Waals surface area contributed by atoms with E-state index in [2.05, 4.69) is 51.3 Å². The van der Waals surface area contributed by atoms with Crippen LogP contribution >= 0.6 is 11.6 Å². The van der Waals surface area contributed by atoms with Crippen LogP contribution in [-0.4, -0.2) is 35.1 Å². The molecule has 2 bridgehead atoms. The van der Waals surface area contributed by atoms with Gasteiger partial charge in [0.1, 0.15) is 5.82 Å². The molecule has 5 rings (SSSR count). The molecular weight excluding hydrogens is 434 g/mol. The second-order valence-corrected chi connectivity index (χ2v) is 11.6. The molecule has 0 spiro atoms. The summed E-state index contributed by atoms with van der Waals surface area (Å²) >= 11 is 5.93. The van der Waals surface area contributed by atoms with Gasteiger partial charge in [0.05, 0.1) is 4.90 Å². The third-order valence-corrected chi connectivity index (χ3v) is 9.00. The van der Waals surface area contributed by atoms with E-state index in [0.717, 1.165) is 44.3 Å². The van der Waals surface area contributed by atoms with E-state index in [9.17, 15) is 8.42 Å². The molecule has 3 saturated carbocycles. The highest BCUT2D eigenvalue weighted by atomic mass is 35.5. The third-order valence-electron chi connectivity index (χ3n) is 7.27. The van der Waals surface area contributed by atoms with Crippen LogP contribution in [0.1, 0.15) is 51.8 Å². The lowest BCUT2D eigenvalue weighted by Gasteiger charge is -2.62. The predicted molar refractivity (Wildman–Crippen MR) is 120 cm³/mol. The first kappa shape index (κ1) is 22.4. The zero-order valence-electron chi connectivity index (χ0n) is 18.0. The minimum Gasteiger partial charge on any atom is -0.243 e. The smallest absolute Gasteiger partial charge is 0.240 e. The highest BCUT2D eigenvalue weighted by Gasteiger charge is 2.58. The summed E-state index contributed by atoms with van der Waals surface area (Å²) in [5.74, 6) is 2.16. The second-order valence-electron chi connectivity index (χ2n) is 9.40. The van der Waals surface area contributed by atoms with Crippen molar-refractivity contribution in [3.05, 3.63) is 47.3 Å². The third kappa shape index (κ3) is 4.86. The zero-order chi connectivity index (χ0) is 22.1. The van der Waals surface area contributed by atoms with Crippen LogP contribution in [-0.2, 0) is 16.4 Å². The molecule has 0 saturated heterocycles. The van der Waals surface area contributed by atoms with Crippen LogP contribution in [0.2, 0.25) is 5.02 Å². The number of aromatic nitrogens is 4. The van der Waals surface area contributed by atoms with E-state index < -0.39 is 10.0 Å². The number of aryl methyl sites for hydroxylation is 1. The lowest BCUT2D eigenvalue weighted by atomic mass is 9.45. The molecule has 0 radical (unpaired) electrons. The number of benzene rings is 1. The summed E-state index contributed by atoms with van der Waals surface area (Å²) in [6.07, 6.45) is 10.2. The first-order valence-corrected chi connectivity index (χ1v) is 12.8. The maximum Gasteiger partial charge on any atom is 0.240 e.